The van der Waals surface area contributed by atoms with Gasteiger partial charge in [-0.1, -0.05) is 18.2 Å². The highest BCUT2D eigenvalue weighted by Crippen LogP contribution is 2.20. The molecule has 126 valence electrons. The van der Waals surface area contributed by atoms with Crippen molar-refractivity contribution < 1.29 is 13.9 Å². The molecule has 1 aliphatic rings. The number of hydrogen-bond acceptors (Lipinski definition) is 3. The third kappa shape index (κ3) is 3.74. The number of likely N-dealkylation sites (tertiary alicyclic amines) is 1. The lowest BCUT2D eigenvalue weighted by Crippen LogP contribution is -2.39. The number of rotatable bonds is 5. The summed E-state index contributed by atoms with van der Waals surface area (Å²) < 4.78 is 18.8. The number of carbonyl (C=O) groups is 1. The third-order valence-electron chi connectivity index (χ3n) is 4.29. The Morgan fingerprint density at radius 2 is 2.08 bits per heavy atom. The minimum absolute atomic E-state index is 0.00977. The van der Waals surface area contributed by atoms with Gasteiger partial charge in [0.05, 0.1) is 0 Å². The number of amides is 1. The van der Waals surface area contributed by atoms with Crippen LogP contribution >= 0.6 is 0 Å². The predicted molar refractivity (Wildman–Crippen MR) is 90.3 cm³/mol. The number of halogens is 1. The molecular weight excluding hydrogens is 307 g/mol. The zero-order valence-electron chi connectivity index (χ0n) is 13.5. The van der Waals surface area contributed by atoms with Crippen molar-refractivity contribution in [3.05, 3.63) is 65.5 Å². The first kappa shape index (κ1) is 16.5. The maximum atomic E-state index is 13.2. The van der Waals surface area contributed by atoms with Gasteiger partial charge in [0.15, 0.2) is 0 Å². The minimum Gasteiger partial charge on any atom is -0.489 e. The fraction of sp³-hybridized carbons (Fsp3) is 0.316. The van der Waals surface area contributed by atoms with Crippen molar-refractivity contribution in [2.75, 3.05) is 13.1 Å². The predicted octanol–water partition coefficient (Wildman–Crippen LogP) is 2.97. The summed E-state index contributed by atoms with van der Waals surface area (Å²) in [5, 5.41) is 0. The van der Waals surface area contributed by atoms with Crippen LogP contribution in [0.1, 0.15) is 28.8 Å². The number of benzene rings is 2. The molecule has 1 atom stereocenters. The van der Waals surface area contributed by atoms with Gasteiger partial charge in [-0.05, 0) is 42.7 Å². The average Bonchev–Trinajstić information content (AvgIpc) is 3.08. The summed E-state index contributed by atoms with van der Waals surface area (Å²) >= 11 is 0. The van der Waals surface area contributed by atoms with Gasteiger partial charge in [0.25, 0.3) is 5.91 Å². The molecular formula is C19H21FN2O2. The summed E-state index contributed by atoms with van der Waals surface area (Å²) in [4.78, 5) is 14.5. The van der Waals surface area contributed by atoms with Crippen molar-refractivity contribution in [1.82, 2.24) is 4.90 Å². The van der Waals surface area contributed by atoms with E-state index in [2.05, 4.69) is 0 Å². The molecule has 1 amide bonds. The summed E-state index contributed by atoms with van der Waals surface area (Å²) in [6.07, 6.45) is 1.96. The molecule has 5 heteroatoms. The van der Waals surface area contributed by atoms with Crippen LogP contribution in [-0.4, -0.2) is 29.9 Å². The lowest BCUT2D eigenvalue weighted by molar-refractivity contribution is 0.0741. The molecule has 24 heavy (non-hydrogen) atoms. The largest absolute Gasteiger partial charge is 0.489 e. The lowest BCUT2D eigenvalue weighted by Gasteiger charge is -2.23. The molecule has 2 aromatic rings. The van der Waals surface area contributed by atoms with Crippen molar-refractivity contribution in [2.45, 2.75) is 25.5 Å². The molecule has 1 heterocycles. The van der Waals surface area contributed by atoms with Crippen molar-refractivity contribution in [3.63, 3.8) is 0 Å². The second-order valence-electron chi connectivity index (χ2n) is 5.98. The van der Waals surface area contributed by atoms with Gasteiger partial charge < -0.3 is 15.4 Å². The van der Waals surface area contributed by atoms with E-state index in [1.165, 1.54) is 12.1 Å². The van der Waals surface area contributed by atoms with Crippen LogP contribution in [0.3, 0.4) is 0 Å². The number of ether oxygens (including phenoxy) is 1. The lowest BCUT2D eigenvalue weighted by atomic mass is 10.1. The van der Waals surface area contributed by atoms with Crippen LogP contribution in [-0.2, 0) is 6.61 Å². The molecule has 0 aliphatic carbocycles. The van der Waals surface area contributed by atoms with Gasteiger partial charge in [-0.15, -0.1) is 0 Å². The van der Waals surface area contributed by atoms with Gasteiger partial charge in [-0.25, -0.2) is 4.39 Å². The second kappa shape index (κ2) is 7.45. The summed E-state index contributed by atoms with van der Waals surface area (Å²) in [5.41, 5.74) is 7.25. The molecule has 0 aromatic heterocycles. The Balaban J connectivity index is 1.68. The Labute approximate surface area is 141 Å². The van der Waals surface area contributed by atoms with Crippen LogP contribution in [0.15, 0.2) is 48.5 Å². The smallest absolute Gasteiger partial charge is 0.254 e. The Morgan fingerprint density at radius 1 is 1.25 bits per heavy atom. The standard InChI is InChI=1S/C19H21FN2O2/c20-16-6-2-8-18(11-16)24-13-14-4-1-5-15(10-14)19(23)22-9-3-7-17(22)12-21/h1-2,4-6,8,10-11,17H,3,7,9,12-13,21H2/t17-/m0/s1. The van der Waals surface area contributed by atoms with Gasteiger partial charge >= 0.3 is 0 Å². The van der Waals surface area contributed by atoms with Crippen LogP contribution in [0.4, 0.5) is 4.39 Å². The summed E-state index contributed by atoms with van der Waals surface area (Å²) in [7, 11) is 0. The molecule has 4 nitrogen and oxygen atoms in total. The van der Waals surface area contributed by atoms with E-state index in [-0.39, 0.29) is 24.4 Å². The summed E-state index contributed by atoms with van der Waals surface area (Å²) in [6, 6.07) is 13.5. The van der Waals surface area contributed by atoms with Crippen LogP contribution in [0.5, 0.6) is 5.75 Å². The number of nitrogens with zero attached hydrogens (tertiary/aromatic N) is 1. The van der Waals surface area contributed by atoms with Crippen molar-refractivity contribution in [2.24, 2.45) is 5.73 Å². The zero-order chi connectivity index (χ0) is 16.9. The van der Waals surface area contributed by atoms with E-state index in [0.29, 0.717) is 17.9 Å². The molecule has 0 bridgehead atoms. The quantitative estimate of drug-likeness (QED) is 0.918. The molecule has 2 aromatic carbocycles. The second-order valence-corrected chi connectivity index (χ2v) is 5.98. The summed E-state index contributed by atoms with van der Waals surface area (Å²) in [5.74, 6) is 0.142. The highest BCUT2D eigenvalue weighted by atomic mass is 19.1. The maximum absolute atomic E-state index is 13.2. The fourth-order valence-electron chi connectivity index (χ4n) is 3.03. The molecule has 0 unspecified atom stereocenters. The monoisotopic (exact) mass is 328 g/mol. The van der Waals surface area contributed by atoms with Gasteiger partial charge in [0.2, 0.25) is 0 Å². The van der Waals surface area contributed by atoms with Crippen LogP contribution in [0.25, 0.3) is 0 Å². The molecule has 1 aliphatic heterocycles. The van der Waals surface area contributed by atoms with Gasteiger partial charge in [-0.2, -0.15) is 0 Å². The first-order chi connectivity index (χ1) is 11.7. The number of nitrogens with two attached hydrogens (primary N) is 1. The van der Waals surface area contributed by atoms with E-state index in [4.69, 9.17) is 10.5 Å². The van der Waals surface area contributed by atoms with Crippen LogP contribution in [0, 0.1) is 5.82 Å². The molecule has 0 radical (unpaired) electrons. The third-order valence-corrected chi connectivity index (χ3v) is 4.29. The summed E-state index contributed by atoms with van der Waals surface area (Å²) in [6.45, 7) is 1.53. The Kier molecular flexibility index (Phi) is 5.11. The van der Waals surface area contributed by atoms with Crippen LogP contribution in [0.2, 0.25) is 0 Å². The highest BCUT2D eigenvalue weighted by Gasteiger charge is 2.28. The van der Waals surface area contributed by atoms with Crippen molar-refractivity contribution in [3.8, 4) is 5.75 Å². The fourth-order valence-corrected chi connectivity index (χ4v) is 3.03. The van der Waals surface area contributed by atoms with Gasteiger partial charge in [-0.3, -0.25) is 4.79 Å². The highest BCUT2D eigenvalue weighted by molar-refractivity contribution is 5.94. The van der Waals surface area contributed by atoms with E-state index >= 15 is 0 Å². The minimum atomic E-state index is -0.335. The Morgan fingerprint density at radius 3 is 2.88 bits per heavy atom. The van der Waals surface area contributed by atoms with E-state index < -0.39 is 0 Å². The Hall–Kier alpha value is -2.40. The first-order valence-electron chi connectivity index (χ1n) is 8.15. The molecule has 0 spiro atoms. The van der Waals surface area contributed by atoms with E-state index in [9.17, 15) is 9.18 Å². The zero-order valence-corrected chi connectivity index (χ0v) is 13.5. The molecule has 1 saturated heterocycles. The molecule has 3 rings (SSSR count). The van der Waals surface area contributed by atoms with E-state index in [0.717, 1.165) is 24.9 Å². The van der Waals surface area contributed by atoms with Crippen LogP contribution < -0.4 is 10.5 Å². The number of carbonyl (C=O) groups excluding carboxylic acids is 1. The SMILES string of the molecule is NC[C@@H]1CCCN1C(=O)c1cccc(COc2cccc(F)c2)c1. The molecule has 1 fully saturated rings. The van der Waals surface area contributed by atoms with Crippen molar-refractivity contribution >= 4 is 5.91 Å². The maximum Gasteiger partial charge on any atom is 0.254 e. The first-order valence-corrected chi connectivity index (χ1v) is 8.15. The van der Waals surface area contributed by atoms with Crippen molar-refractivity contribution in [1.29, 1.82) is 0 Å². The van der Waals surface area contributed by atoms with E-state index in [1.807, 2.05) is 23.1 Å². The van der Waals surface area contributed by atoms with E-state index in [1.54, 1.807) is 18.2 Å². The number of hydrogen-bond donors (Lipinski definition) is 1. The van der Waals surface area contributed by atoms with Gasteiger partial charge in [0.1, 0.15) is 18.2 Å². The average molecular weight is 328 g/mol. The normalized spacial score (nSPS) is 17.1. The Bertz CT molecular complexity index is 720. The molecule has 2 N–H and O–H groups in total. The topological polar surface area (TPSA) is 55.6 Å². The molecule has 0 saturated carbocycles. The van der Waals surface area contributed by atoms with Gasteiger partial charge in [0, 0.05) is 30.8 Å².